The molecule has 4 heteroatoms. The summed E-state index contributed by atoms with van der Waals surface area (Å²) in [6, 6.07) is 14.3. The molecular weight excluding hydrogens is 236 g/mol. The van der Waals surface area contributed by atoms with Gasteiger partial charge in [-0.15, -0.1) is 0 Å². The summed E-state index contributed by atoms with van der Waals surface area (Å²) < 4.78 is 30.4. The van der Waals surface area contributed by atoms with Crippen LogP contribution in [0, 0.1) is 0 Å². The third-order valence-electron chi connectivity index (χ3n) is 2.52. The van der Waals surface area contributed by atoms with Gasteiger partial charge in [0.05, 0.1) is 6.04 Å². The quantitative estimate of drug-likeness (QED) is 0.895. The van der Waals surface area contributed by atoms with E-state index < -0.39 is 12.5 Å². The molecule has 0 aliphatic rings. The van der Waals surface area contributed by atoms with Crippen molar-refractivity contribution in [3.05, 3.63) is 60.2 Å². The number of hydrogen-bond acceptors (Lipinski definition) is 2. The first-order valence-electron chi connectivity index (χ1n) is 5.53. The molecule has 0 amide bonds. The molecule has 0 fully saturated rings. The number of hydrogen-bond donors (Lipinski definition) is 1. The van der Waals surface area contributed by atoms with Gasteiger partial charge in [0.2, 0.25) is 0 Å². The fraction of sp³-hybridized carbons (Fsp3) is 0.143. The van der Waals surface area contributed by atoms with Gasteiger partial charge in [-0.25, -0.2) is 8.78 Å². The molecule has 0 saturated carbocycles. The van der Waals surface area contributed by atoms with Gasteiger partial charge in [0.15, 0.2) is 0 Å². The van der Waals surface area contributed by atoms with Crippen molar-refractivity contribution >= 4 is 0 Å². The molecule has 0 heterocycles. The molecule has 2 aromatic rings. The molecule has 94 valence electrons. The molecule has 0 bridgehead atoms. The summed E-state index contributed by atoms with van der Waals surface area (Å²) in [5.41, 5.74) is 5.74. The average molecular weight is 249 g/mol. The summed E-state index contributed by atoms with van der Waals surface area (Å²) in [7, 11) is 0. The maximum Gasteiger partial charge on any atom is 0.257 e. The number of alkyl halides is 2. The van der Waals surface area contributed by atoms with Crippen molar-refractivity contribution in [2.45, 2.75) is 12.5 Å². The molecule has 18 heavy (non-hydrogen) atoms. The molecule has 0 aliphatic heterocycles. The largest absolute Gasteiger partial charge is 0.457 e. The Labute approximate surface area is 104 Å². The molecule has 2 rings (SSSR count). The van der Waals surface area contributed by atoms with Crippen LogP contribution >= 0.6 is 0 Å². The molecule has 0 unspecified atom stereocenters. The Hall–Kier alpha value is -1.94. The van der Waals surface area contributed by atoms with E-state index in [1.54, 1.807) is 24.3 Å². The predicted octanol–water partition coefficient (Wildman–Crippen LogP) is 3.74. The Morgan fingerprint density at radius 3 is 1.94 bits per heavy atom. The Morgan fingerprint density at radius 2 is 1.39 bits per heavy atom. The van der Waals surface area contributed by atoms with E-state index in [0.29, 0.717) is 17.1 Å². The Morgan fingerprint density at radius 1 is 0.833 bits per heavy atom. The Kier molecular flexibility index (Phi) is 3.89. The lowest BCUT2D eigenvalue weighted by molar-refractivity contribution is 0.116. The smallest absolute Gasteiger partial charge is 0.257 e. The monoisotopic (exact) mass is 249 g/mol. The summed E-state index contributed by atoms with van der Waals surface area (Å²) in [5, 5.41) is 0. The van der Waals surface area contributed by atoms with Gasteiger partial charge in [-0.1, -0.05) is 30.3 Å². The minimum atomic E-state index is -2.56. The molecule has 0 saturated heterocycles. The van der Waals surface area contributed by atoms with E-state index in [-0.39, 0.29) is 0 Å². The van der Waals surface area contributed by atoms with Crippen LogP contribution in [0.2, 0.25) is 0 Å². The van der Waals surface area contributed by atoms with Crippen molar-refractivity contribution in [1.29, 1.82) is 0 Å². The lowest BCUT2D eigenvalue weighted by Gasteiger charge is -2.11. The Balaban J connectivity index is 2.09. The van der Waals surface area contributed by atoms with Gasteiger partial charge in [-0.3, -0.25) is 0 Å². The number of para-hydroxylation sites is 1. The van der Waals surface area contributed by atoms with Crippen LogP contribution in [0.3, 0.4) is 0 Å². The van der Waals surface area contributed by atoms with Crippen molar-refractivity contribution in [2.75, 3.05) is 0 Å². The normalized spacial score (nSPS) is 12.4. The molecule has 0 aliphatic carbocycles. The van der Waals surface area contributed by atoms with Gasteiger partial charge in [-0.05, 0) is 29.8 Å². The molecule has 2 N–H and O–H groups in total. The number of nitrogens with two attached hydrogens (primary N) is 1. The van der Waals surface area contributed by atoms with Crippen LogP contribution in [0.15, 0.2) is 54.6 Å². The van der Waals surface area contributed by atoms with Crippen LogP contribution in [0.4, 0.5) is 8.78 Å². The standard InChI is InChI=1S/C14H13F2NO/c15-14(16)13(17)10-6-8-12(9-7-10)18-11-4-2-1-3-5-11/h1-9,13-14H,17H2/t13-/m0/s1. The predicted molar refractivity (Wildman–Crippen MR) is 65.9 cm³/mol. The minimum Gasteiger partial charge on any atom is -0.457 e. The van der Waals surface area contributed by atoms with E-state index in [1.807, 2.05) is 30.3 Å². The Bertz CT molecular complexity index is 485. The molecule has 0 radical (unpaired) electrons. The van der Waals surface area contributed by atoms with Crippen LogP contribution < -0.4 is 10.5 Å². The maximum absolute atomic E-state index is 12.4. The van der Waals surface area contributed by atoms with Gasteiger partial charge in [0.25, 0.3) is 6.43 Å². The van der Waals surface area contributed by atoms with Crippen molar-refractivity contribution in [3.8, 4) is 11.5 Å². The second-order valence-corrected chi connectivity index (χ2v) is 3.84. The number of benzene rings is 2. The van der Waals surface area contributed by atoms with E-state index >= 15 is 0 Å². The molecule has 2 aromatic carbocycles. The van der Waals surface area contributed by atoms with Crippen LogP contribution in [0.5, 0.6) is 11.5 Å². The zero-order valence-electron chi connectivity index (χ0n) is 9.59. The highest BCUT2D eigenvalue weighted by Gasteiger charge is 2.17. The van der Waals surface area contributed by atoms with E-state index in [4.69, 9.17) is 10.5 Å². The van der Waals surface area contributed by atoms with Crippen LogP contribution in [-0.4, -0.2) is 6.43 Å². The van der Waals surface area contributed by atoms with Crippen LogP contribution in [0.1, 0.15) is 11.6 Å². The molecule has 1 atom stereocenters. The van der Waals surface area contributed by atoms with E-state index in [0.717, 1.165) is 0 Å². The van der Waals surface area contributed by atoms with Gasteiger partial charge in [0.1, 0.15) is 11.5 Å². The zero-order chi connectivity index (χ0) is 13.0. The fourth-order valence-corrected chi connectivity index (χ4v) is 1.53. The molecular formula is C14H13F2NO. The maximum atomic E-state index is 12.4. The molecule has 2 nitrogen and oxygen atoms in total. The summed E-state index contributed by atoms with van der Waals surface area (Å²) in [4.78, 5) is 0. The summed E-state index contributed by atoms with van der Waals surface area (Å²) in [6.45, 7) is 0. The summed E-state index contributed by atoms with van der Waals surface area (Å²) in [5.74, 6) is 1.29. The second kappa shape index (κ2) is 5.60. The van der Waals surface area contributed by atoms with Gasteiger partial charge in [0, 0.05) is 0 Å². The number of halogens is 2. The lowest BCUT2D eigenvalue weighted by atomic mass is 10.1. The third kappa shape index (κ3) is 3.05. The number of ether oxygens (including phenoxy) is 1. The summed E-state index contributed by atoms with van der Waals surface area (Å²) in [6.07, 6.45) is -2.56. The molecule has 0 aromatic heterocycles. The van der Waals surface area contributed by atoms with Crippen molar-refractivity contribution < 1.29 is 13.5 Å². The van der Waals surface area contributed by atoms with E-state index in [9.17, 15) is 8.78 Å². The van der Waals surface area contributed by atoms with Gasteiger partial charge in [-0.2, -0.15) is 0 Å². The van der Waals surface area contributed by atoms with Crippen LogP contribution in [-0.2, 0) is 0 Å². The van der Waals surface area contributed by atoms with Gasteiger partial charge >= 0.3 is 0 Å². The van der Waals surface area contributed by atoms with Crippen molar-refractivity contribution in [1.82, 2.24) is 0 Å². The zero-order valence-corrected chi connectivity index (χ0v) is 9.59. The molecule has 0 spiro atoms. The highest BCUT2D eigenvalue weighted by molar-refractivity contribution is 5.33. The minimum absolute atomic E-state index is 0.394. The second-order valence-electron chi connectivity index (χ2n) is 3.84. The fourth-order valence-electron chi connectivity index (χ4n) is 1.53. The van der Waals surface area contributed by atoms with E-state index in [2.05, 4.69) is 0 Å². The average Bonchev–Trinajstić information content (AvgIpc) is 2.40. The SMILES string of the molecule is N[C@@H](c1ccc(Oc2ccccc2)cc1)C(F)F. The van der Waals surface area contributed by atoms with Gasteiger partial charge < -0.3 is 10.5 Å². The van der Waals surface area contributed by atoms with E-state index in [1.165, 1.54) is 0 Å². The number of rotatable bonds is 4. The first-order valence-corrected chi connectivity index (χ1v) is 5.53. The summed E-state index contributed by atoms with van der Waals surface area (Å²) >= 11 is 0. The highest BCUT2D eigenvalue weighted by Crippen LogP contribution is 2.24. The topological polar surface area (TPSA) is 35.2 Å². The lowest BCUT2D eigenvalue weighted by Crippen LogP contribution is -2.18. The highest BCUT2D eigenvalue weighted by atomic mass is 19.3. The first kappa shape index (κ1) is 12.5. The third-order valence-corrected chi connectivity index (χ3v) is 2.52. The van der Waals surface area contributed by atoms with Crippen LogP contribution in [0.25, 0.3) is 0 Å². The first-order chi connectivity index (χ1) is 8.66. The van der Waals surface area contributed by atoms with Crippen molar-refractivity contribution in [3.63, 3.8) is 0 Å². The van der Waals surface area contributed by atoms with Crippen molar-refractivity contribution in [2.24, 2.45) is 5.73 Å².